The van der Waals surface area contributed by atoms with E-state index < -0.39 is 0 Å². The van der Waals surface area contributed by atoms with Gasteiger partial charge in [-0.2, -0.15) is 0 Å². The second-order valence-corrected chi connectivity index (χ2v) is 5.59. The van der Waals surface area contributed by atoms with Crippen molar-refractivity contribution in [2.75, 3.05) is 0 Å². The molecule has 0 saturated heterocycles. The number of halogens is 1. The molecule has 1 amide bonds. The molecule has 0 heterocycles. The summed E-state index contributed by atoms with van der Waals surface area (Å²) in [6, 6.07) is 6.05. The molecule has 0 aromatic heterocycles. The zero-order valence-electron chi connectivity index (χ0n) is 11.3. The van der Waals surface area contributed by atoms with Crippen molar-refractivity contribution in [1.82, 2.24) is 5.32 Å². The Balaban J connectivity index is 1.89. The average molecular weight is 264 g/mol. The number of hydrogen-bond acceptors (Lipinski definition) is 2. The van der Waals surface area contributed by atoms with Crippen molar-refractivity contribution in [3.05, 3.63) is 35.6 Å². The van der Waals surface area contributed by atoms with Crippen LogP contribution >= 0.6 is 0 Å². The van der Waals surface area contributed by atoms with Gasteiger partial charge < -0.3 is 11.1 Å². The highest BCUT2D eigenvalue weighted by atomic mass is 19.1. The molecule has 0 aliphatic heterocycles. The first-order chi connectivity index (χ1) is 8.98. The molecule has 1 atom stereocenters. The van der Waals surface area contributed by atoms with Crippen LogP contribution in [0.2, 0.25) is 0 Å². The van der Waals surface area contributed by atoms with Gasteiger partial charge in [0.15, 0.2) is 0 Å². The number of amides is 1. The van der Waals surface area contributed by atoms with Gasteiger partial charge in [0.1, 0.15) is 5.82 Å². The third-order valence-corrected chi connectivity index (χ3v) is 3.86. The first-order valence-corrected chi connectivity index (χ1v) is 6.82. The molecule has 1 aromatic rings. The van der Waals surface area contributed by atoms with Crippen LogP contribution in [0.5, 0.6) is 0 Å². The van der Waals surface area contributed by atoms with Crippen molar-refractivity contribution in [3.8, 4) is 0 Å². The SMILES string of the molecule is C[C@@H](NC(=O)CC1(N)CCCC1)c1ccc(F)cc1. The first kappa shape index (κ1) is 14.0. The second kappa shape index (κ2) is 5.70. The van der Waals surface area contributed by atoms with Crippen molar-refractivity contribution in [3.63, 3.8) is 0 Å². The van der Waals surface area contributed by atoms with E-state index in [1.165, 1.54) is 12.1 Å². The summed E-state index contributed by atoms with van der Waals surface area (Å²) in [7, 11) is 0. The van der Waals surface area contributed by atoms with Crippen LogP contribution in [-0.2, 0) is 4.79 Å². The maximum Gasteiger partial charge on any atom is 0.222 e. The van der Waals surface area contributed by atoms with Crippen LogP contribution in [0.25, 0.3) is 0 Å². The number of carbonyl (C=O) groups excluding carboxylic acids is 1. The van der Waals surface area contributed by atoms with Gasteiger partial charge in [-0.3, -0.25) is 4.79 Å². The number of benzene rings is 1. The summed E-state index contributed by atoms with van der Waals surface area (Å²) < 4.78 is 12.8. The standard InChI is InChI=1S/C15H21FN2O/c1-11(12-4-6-13(16)7-5-12)18-14(19)10-15(17)8-2-3-9-15/h4-7,11H,2-3,8-10,17H2,1H3,(H,18,19)/t11-/m1/s1. The van der Waals surface area contributed by atoms with Crippen molar-refractivity contribution < 1.29 is 9.18 Å². The quantitative estimate of drug-likeness (QED) is 0.878. The van der Waals surface area contributed by atoms with E-state index in [1.54, 1.807) is 12.1 Å². The van der Waals surface area contributed by atoms with E-state index in [2.05, 4.69) is 5.32 Å². The second-order valence-electron chi connectivity index (χ2n) is 5.59. The van der Waals surface area contributed by atoms with E-state index in [4.69, 9.17) is 5.73 Å². The topological polar surface area (TPSA) is 55.1 Å². The van der Waals surface area contributed by atoms with Crippen LogP contribution in [0.15, 0.2) is 24.3 Å². The molecule has 19 heavy (non-hydrogen) atoms. The fourth-order valence-corrected chi connectivity index (χ4v) is 2.70. The van der Waals surface area contributed by atoms with Crippen molar-refractivity contribution >= 4 is 5.91 Å². The molecular formula is C15H21FN2O. The van der Waals surface area contributed by atoms with Gasteiger partial charge in [-0.1, -0.05) is 25.0 Å². The Hall–Kier alpha value is -1.42. The Morgan fingerprint density at radius 1 is 1.37 bits per heavy atom. The van der Waals surface area contributed by atoms with Crippen LogP contribution in [0.3, 0.4) is 0 Å². The van der Waals surface area contributed by atoms with Gasteiger partial charge in [0.25, 0.3) is 0 Å². The Labute approximate surface area is 113 Å². The van der Waals surface area contributed by atoms with Crippen molar-refractivity contribution in [2.24, 2.45) is 5.73 Å². The van der Waals surface area contributed by atoms with Gasteiger partial charge in [0.2, 0.25) is 5.91 Å². The summed E-state index contributed by atoms with van der Waals surface area (Å²) in [5.74, 6) is -0.296. The normalized spacial score (nSPS) is 19.1. The molecule has 1 aromatic carbocycles. The molecule has 3 N–H and O–H groups in total. The number of hydrogen-bond donors (Lipinski definition) is 2. The summed E-state index contributed by atoms with van der Waals surface area (Å²) in [6.07, 6.45) is 4.43. The lowest BCUT2D eigenvalue weighted by molar-refractivity contribution is -0.122. The highest BCUT2D eigenvalue weighted by molar-refractivity contribution is 5.77. The monoisotopic (exact) mass is 264 g/mol. The summed E-state index contributed by atoms with van der Waals surface area (Å²) in [5.41, 5.74) is 6.75. The first-order valence-electron chi connectivity index (χ1n) is 6.82. The van der Waals surface area contributed by atoms with Crippen LogP contribution in [0.1, 0.15) is 50.6 Å². The largest absolute Gasteiger partial charge is 0.350 e. The summed E-state index contributed by atoms with van der Waals surface area (Å²) >= 11 is 0. The van der Waals surface area contributed by atoms with Crippen LogP contribution in [0.4, 0.5) is 4.39 Å². The molecule has 0 bridgehead atoms. The maximum atomic E-state index is 12.8. The average Bonchev–Trinajstić information content (AvgIpc) is 2.76. The Kier molecular flexibility index (Phi) is 4.20. The molecule has 1 aliphatic carbocycles. The zero-order valence-corrected chi connectivity index (χ0v) is 11.3. The number of rotatable bonds is 4. The van der Waals surface area contributed by atoms with E-state index in [-0.39, 0.29) is 23.3 Å². The third-order valence-electron chi connectivity index (χ3n) is 3.86. The summed E-state index contributed by atoms with van der Waals surface area (Å²) in [6.45, 7) is 1.89. The third kappa shape index (κ3) is 3.77. The van der Waals surface area contributed by atoms with Crippen LogP contribution in [-0.4, -0.2) is 11.4 Å². The van der Waals surface area contributed by atoms with Gasteiger partial charge in [-0.05, 0) is 37.5 Å². The van der Waals surface area contributed by atoms with E-state index >= 15 is 0 Å². The molecular weight excluding hydrogens is 243 g/mol. The molecule has 2 rings (SSSR count). The molecule has 1 aliphatic rings. The minimum atomic E-state index is -0.327. The fourth-order valence-electron chi connectivity index (χ4n) is 2.70. The maximum absolute atomic E-state index is 12.8. The van der Waals surface area contributed by atoms with Gasteiger partial charge >= 0.3 is 0 Å². The molecule has 4 heteroatoms. The molecule has 1 fully saturated rings. The Morgan fingerprint density at radius 3 is 2.53 bits per heavy atom. The van der Waals surface area contributed by atoms with Gasteiger partial charge in [0, 0.05) is 12.0 Å². The minimum Gasteiger partial charge on any atom is -0.350 e. The highest BCUT2D eigenvalue weighted by Crippen LogP contribution is 2.30. The van der Waals surface area contributed by atoms with Crippen LogP contribution in [0, 0.1) is 5.82 Å². The van der Waals surface area contributed by atoms with E-state index in [1.807, 2.05) is 6.92 Å². The highest BCUT2D eigenvalue weighted by Gasteiger charge is 2.31. The Morgan fingerprint density at radius 2 is 1.95 bits per heavy atom. The summed E-state index contributed by atoms with van der Waals surface area (Å²) in [5, 5.41) is 2.93. The number of carbonyl (C=O) groups is 1. The lowest BCUT2D eigenvalue weighted by atomic mass is 9.94. The molecule has 0 radical (unpaired) electrons. The zero-order chi connectivity index (χ0) is 13.9. The van der Waals surface area contributed by atoms with E-state index in [0.29, 0.717) is 6.42 Å². The number of nitrogens with two attached hydrogens (primary N) is 1. The lowest BCUT2D eigenvalue weighted by Gasteiger charge is -2.24. The fraction of sp³-hybridized carbons (Fsp3) is 0.533. The molecule has 104 valence electrons. The summed E-state index contributed by atoms with van der Waals surface area (Å²) in [4.78, 5) is 12.0. The van der Waals surface area contributed by atoms with Gasteiger partial charge in [-0.15, -0.1) is 0 Å². The molecule has 3 nitrogen and oxygen atoms in total. The smallest absolute Gasteiger partial charge is 0.222 e. The Bertz CT molecular complexity index is 438. The minimum absolute atomic E-state index is 0.0266. The predicted molar refractivity (Wildman–Crippen MR) is 73.0 cm³/mol. The van der Waals surface area contributed by atoms with Crippen molar-refractivity contribution in [1.29, 1.82) is 0 Å². The van der Waals surface area contributed by atoms with Crippen LogP contribution < -0.4 is 11.1 Å². The van der Waals surface area contributed by atoms with Crippen molar-refractivity contribution in [2.45, 2.75) is 50.6 Å². The number of nitrogens with one attached hydrogen (secondary N) is 1. The van der Waals surface area contributed by atoms with Gasteiger partial charge in [-0.25, -0.2) is 4.39 Å². The van der Waals surface area contributed by atoms with E-state index in [9.17, 15) is 9.18 Å². The van der Waals surface area contributed by atoms with Gasteiger partial charge in [0.05, 0.1) is 6.04 Å². The van der Waals surface area contributed by atoms with E-state index in [0.717, 1.165) is 31.2 Å². The lowest BCUT2D eigenvalue weighted by Crippen LogP contribution is -2.42. The molecule has 1 saturated carbocycles. The predicted octanol–water partition coefficient (Wildman–Crippen LogP) is 2.66. The molecule has 0 unspecified atom stereocenters. The molecule has 0 spiro atoms.